The number of halogens is 4. The fourth-order valence-electron chi connectivity index (χ4n) is 1.48. The second-order valence-electron chi connectivity index (χ2n) is 3.44. The van der Waals surface area contributed by atoms with E-state index in [1.807, 2.05) is 0 Å². The smallest absolute Gasteiger partial charge is 0.145 e. The average Bonchev–Trinajstić information content (AvgIpc) is 2.22. The molecule has 0 unspecified atom stereocenters. The summed E-state index contributed by atoms with van der Waals surface area (Å²) < 4.78 is 39.0. The topological polar surface area (TPSA) is 20.2 Å². The van der Waals surface area contributed by atoms with Crippen molar-refractivity contribution < 1.29 is 18.3 Å². The van der Waals surface area contributed by atoms with Crippen LogP contribution in [0.2, 0.25) is 5.02 Å². The van der Waals surface area contributed by atoms with Gasteiger partial charge in [-0.1, -0.05) is 11.6 Å². The van der Waals surface area contributed by atoms with Gasteiger partial charge in [-0.2, -0.15) is 0 Å². The van der Waals surface area contributed by atoms with Crippen molar-refractivity contribution in [3.05, 3.63) is 52.8 Å². The molecule has 0 aromatic heterocycles. The minimum Gasteiger partial charge on any atom is -0.507 e. The average molecular weight is 259 g/mol. The Kier molecular flexibility index (Phi) is 2.98. The Hall–Kier alpha value is -1.68. The van der Waals surface area contributed by atoms with E-state index in [-0.39, 0.29) is 16.1 Å². The molecule has 0 saturated heterocycles. The lowest BCUT2D eigenvalue weighted by atomic mass is 10.0. The van der Waals surface area contributed by atoms with Crippen molar-refractivity contribution >= 4 is 11.6 Å². The van der Waals surface area contributed by atoms with Gasteiger partial charge in [-0.15, -0.1) is 0 Å². The van der Waals surface area contributed by atoms with Gasteiger partial charge in [0.25, 0.3) is 0 Å². The van der Waals surface area contributed by atoms with Crippen LogP contribution < -0.4 is 0 Å². The summed E-state index contributed by atoms with van der Waals surface area (Å²) in [4.78, 5) is 0. The van der Waals surface area contributed by atoms with Gasteiger partial charge >= 0.3 is 0 Å². The van der Waals surface area contributed by atoms with Crippen molar-refractivity contribution in [1.82, 2.24) is 0 Å². The SMILES string of the molecule is Oc1cc(F)c(Cl)cc1-c1cc(F)cc(F)c1. The summed E-state index contributed by atoms with van der Waals surface area (Å²) >= 11 is 5.54. The Labute approximate surface area is 100 Å². The number of phenols is 1. The number of benzene rings is 2. The van der Waals surface area contributed by atoms with Crippen LogP contribution >= 0.6 is 11.6 Å². The van der Waals surface area contributed by atoms with E-state index >= 15 is 0 Å². The summed E-state index contributed by atoms with van der Waals surface area (Å²) in [5, 5.41) is 9.27. The van der Waals surface area contributed by atoms with E-state index in [9.17, 15) is 18.3 Å². The quantitative estimate of drug-likeness (QED) is 0.815. The first-order valence-corrected chi connectivity index (χ1v) is 4.99. The highest BCUT2D eigenvalue weighted by Gasteiger charge is 2.11. The molecule has 2 aromatic rings. The number of aromatic hydroxyl groups is 1. The van der Waals surface area contributed by atoms with Gasteiger partial charge in [0.15, 0.2) is 0 Å². The Balaban J connectivity index is 2.64. The van der Waals surface area contributed by atoms with E-state index in [0.29, 0.717) is 6.07 Å². The van der Waals surface area contributed by atoms with Gasteiger partial charge in [-0.25, -0.2) is 13.2 Å². The Morgan fingerprint density at radius 1 is 0.882 bits per heavy atom. The molecule has 0 aliphatic heterocycles. The van der Waals surface area contributed by atoms with Crippen molar-refractivity contribution in [3.63, 3.8) is 0 Å². The van der Waals surface area contributed by atoms with E-state index in [1.54, 1.807) is 0 Å². The molecule has 0 spiro atoms. The van der Waals surface area contributed by atoms with E-state index < -0.39 is 23.2 Å². The predicted molar refractivity (Wildman–Crippen MR) is 58.4 cm³/mol. The zero-order chi connectivity index (χ0) is 12.6. The summed E-state index contributed by atoms with van der Waals surface area (Å²) in [6.45, 7) is 0. The molecule has 5 heteroatoms. The van der Waals surface area contributed by atoms with E-state index in [4.69, 9.17) is 11.6 Å². The van der Waals surface area contributed by atoms with Gasteiger partial charge in [0, 0.05) is 17.7 Å². The standard InChI is InChI=1S/C12H6ClF3O/c13-10-4-9(12(17)5-11(10)16)6-1-7(14)3-8(15)2-6/h1-5,17H. The van der Waals surface area contributed by atoms with Crippen LogP contribution in [0.25, 0.3) is 11.1 Å². The number of phenolic OH excluding ortho intramolecular Hbond substituents is 1. The van der Waals surface area contributed by atoms with Gasteiger partial charge in [0.1, 0.15) is 23.2 Å². The van der Waals surface area contributed by atoms with Crippen molar-refractivity contribution in [2.45, 2.75) is 0 Å². The molecule has 0 amide bonds. The zero-order valence-corrected chi connectivity index (χ0v) is 9.10. The molecule has 0 aliphatic carbocycles. The van der Waals surface area contributed by atoms with Gasteiger partial charge in [0.2, 0.25) is 0 Å². The third-order valence-corrected chi connectivity index (χ3v) is 2.50. The van der Waals surface area contributed by atoms with Crippen LogP contribution in [0.3, 0.4) is 0 Å². The molecule has 1 N–H and O–H groups in total. The maximum Gasteiger partial charge on any atom is 0.145 e. The molecule has 2 rings (SSSR count). The molecule has 2 aromatic carbocycles. The third-order valence-electron chi connectivity index (χ3n) is 2.21. The maximum absolute atomic E-state index is 13.0. The highest BCUT2D eigenvalue weighted by molar-refractivity contribution is 6.31. The van der Waals surface area contributed by atoms with E-state index in [0.717, 1.165) is 24.3 Å². The molecule has 0 heterocycles. The normalized spacial score (nSPS) is 10.6. The van der Waals surface area contributed by atoms with Crippen molar-refractivity contribution in [2.24, 2.45) is 0 Å². The lowest BCUT2D eigenvalue weighted by Gasteiger charge is -2.06. The molecule has 0 bridgehead atoms. The highest BCUT2D eigenvalue weighted by atomic mass is 35.5. The Morgan fingerprint density at radius 3 is 2.06 bits per heavy atom. The summed E-state index contributed by atoms with van der Waals surface area (Å²) in [5.74, 6) is -2.82. The van der Waals surface area contributed by atoms with Crippen LogP contribution in [-0.2, 0) is 0 Å². The van der Waals surface area contributed by atoms with Gasteiger partial charge in [-0.05, 0) is 23.8 Å². The first-order chi connectivity index (χ1) is 7.97. The van der Waals surface area contributed by atoms with Crippen LogP contribution in [0, 0.1) is 17.5 Å². The largest absolute Gasteiger partial charge is 0.507 e. The molecule has 17 heavy (non-hydrogen) atoms. The highest BCUT2D eigenvalue weighted by Crippen LogP contribution is 2.34. The molecule has 0 saturated carbocycles. The van der Waals surface area contributed by atoms with Crippen molar-refractivity contribution in [1.29, 1.82) is 0 Å². The van der Waals surface area contributed by atoms with Gasteiger partial charge < -0.3 is 5.11 Å². The molecule has 1 nitrogen and oxygen atoms in total. The third kappa shape index (κ3) is 2.36. The minimum atomic E-state index is -0.801. The van der Waals surface area contributed by atoms with Crippen molar-refractivity contribution in [2.75, 3.05) is 0 Å². The van der Waals surface area contributed by atoms with Crippen LogP contribution in [-0.4, -0.2) is 5.11 Å². The van der Waals surface area contributed by atoms with Gasteiger partial charge in [-0.3, -0.25) is 0 Å². The van der Waals surface area contributed by atoms with Crippen LogP contribution in [0.4, 0.5) is 13.2 Å². The predicted octanol–water partition coefficient (Wildman–Crippen LogP) is 4.13. The Bertz CT molecular complexity index is 564. The first kappa shape index (κ1) is 11.8. The molecule has 0 radical (unpaired) electrons. The Morgan fingerprint density at radius 2 is 1.47 bits per heavy atom. The molecular weight excluding hydrogens is 253 g/mol. The summed E-state index contributed by atoms with van der Waals surface area (Å²) in [5.41, 5.74) is 0.150. The summed E-state index contributed by atoms with van der Waals surface area (Å²) in [6.07, 6.45) is 0. The molecule has 0 aliphatic rings. The van der Waals surface area contributed by atoms with E-state index in [1.165, 1.54) is 0 Å². The second-order valence-corrected chi connectivity index (χ2v) is 3.85. The fraction of sp³-hybridized carbons (Fsp3) is 0. The van der Waals surface area contributed by atoms with Crippen molar-refractivity contribution in [3.8, 4) is 16.9 Å². The van der Waals surface area contributed by atoms with Crippen LogP contribution in [0.15, 0.2) is 30.3 Å². The maximum atomic E-state index is 13.0. The summed E-state index contributed by atoms with van der Waals surface area (Å²) in [6, 6.07) is 4.64. The molecular formula is C12H6ClF3O. The monoisotopic (exact) mass is 258 g/mol. The minimum absolute atomic E-state index is 0.0646. The van der Waals surface area contributed by atoms with Gasteiger partial charge in [0.05, 0.1) is 5.02 Å². The first-order valence-electron chi connectivity index (χ1n) is 4.62. The molecule has 0 fully saturated rings. The van der Waals surface area contributed by atoms with E-state index in [2.05, 4.69) is 0 Å². The lowest BCUT2D eigenvalue weighted by Crippen LogP contribution is -1.87. The second kappa shape index (κ2) is 4.30. The molecule has 0 atom stereocenters. The fourth-order valence-corrected chi connectivity index (χ4v) is 1.64. The molecule has 88 valence electrons. The number of hydrogen-bond donors (Lipinski definition) is 1. The lowest BCUT2D eigenvalue weighted by molar-refractivity contribution is 0.471. The number of hydrogen-bond acceptors (Lipinski definition) is 1. The van der Waals surface area contributed by atoms with Crippen LogP contribution in [0.5, 0.6) is 5.75 Å². The number of rotatable bonds is 1. The zero-order valence-electron chi connectivity index (χ0n) is 8.35. The summed E-state index contributed by atoms with van der Waals surface area (Å²) in [7, 11) is 0. The van der Waals surface area contributed by atoms with Crippen LogP contribution in [0.1, 0.15) is 0 Å².